The topological polar surface area (TPSA) is 24.9 Å². The van der Waals surface area contributed by atoms with Crippen LogP contribution in [0.15, 0.2) is 35.7 Å². The number of thiazole rings is 1. The third-order valence-corrected chi connectivity index (χ3v) is 5.35. The van der Waals surface area contributed by atoms with Crippen LogP contribution in [0.2, 0.25) is 0 Å². The molecule has 1 N–H and O–H groups in total. The van der Waals surface area contributed by atoms with Crippen LogP contribution >= 0.6 is 11.3 Å². The van der Waals surface area contributed by atoms with Gasteiger partial charge in [-0.1, -0.05) is 44.2 Å². The molecule has 2 aromatic rings. The predicted octanol–water partition coefficient (Wildman–Crippen LogP) is 4.16. The van der Waals surface area contributed by atoms with E-state index < -0.39 is 0 Å². The minimum atomic E-state index is 0.346. The Labute approximate surface area is 125 Å². The Kier molecular flexibility index (Phi) is 3.65. The van der Waals surface area contributed by atoms with Gasteiger partial charge in [0.25, 0.3) is 0 Å². The van der Waals surface area contributed by atoms with Gasteiger partial charge in [-0.3, -0.25) is 0 Å². The minimum absolute atomic E-state index is 0.346. The monoisotopic (exact) mass is 286 g/mol. The molecule has 1 fully saturated rings. The zero-order valence-electron chi connectivity index (χ0n) is 12.4. The predicted molar refractivity (Wildman–Crippen MR) is 85.2 cm³/mol. The van der Waals surface area contributed by atoms with Crippen LogP contribution in [0.3, 0.4) is 0 Å². The van der Waals surface area contributed by atoms with Crippen LogP contribution < -0.4 is 5.32 Å². The van der Waals surface area contributed by atoms with E-state index >= 15 is 0 Å². The van der Waals surface area contributed by atoms with Gasteiger partial charge in [-0.2, -0.15) is 0 Å². The molecule has 20 heavy (non-hydrogen) atoms. The van der Waals surface area contributed by atoms with Crippen molar-refractivity contribution in [3.8, 4) is 0 Å². The summed E-state index contributed by atoms with van der Waals surface area (Å²) >= 11 is 1.83. The zero-order chi connectivity index (χ0) is 14.2. The van der Waals surface area contributed by atoms with Crippen LogP contribution in [0, 0.1) is 5.41 Å². The smallest absolute Gasteiger partial charge is 0.0964 e. The van der Waals surface area contributed by atoms with Gasteiger partial charge >= 0.3 is 0 Å². The van der Waals surface area contributed by atoms with E-state index in [1.165, 1.54) is 22.7 Å². The number of rotatable bonds is 5. The lowest BCUT2D eigenvalue weighted by Crippen LogP contribution is -2.18. The summed E-state index contributed by atoms with van der Waals surface area (Å²) in [4.78, 5) is 4.86. The summed E-state index contributed by atoms with van der Waals surface area (Å²) in [5, 5.41) is 6.96. The average molecular weight is 286 g/mol. The summed E-state index contributed by atoms with van der Waals surface area (Å²) in [5.41, 5.74) is 3.02. The number of benzene rings is 1. The van der Waals surface area contributed by atoms with E-state index in [1.54, 1.807) is 0 Å². The molecule has 3 rings (SSSR count). The molecule has 1 saturated carbocycles. The Morgan fingerprint density at radius 2 is 2.05 bits per heavy atom. The molecule has 0 radical (unpaired) electrons. The maximum Gasteiger partial charge on any atom is 0.0964 e. The van der Waals surface area contributed by atoms with E-state index in [4.69, 9.17) is 4.98 Å². The van der Waals surface area contributed by atoms with E-state index in [0.717, 1.165) is 6.42 Å². The molecular formula is C17H22N2S. The van der Waals surface area contributed by atoms with E-state index in [1.807, 2.05) is 18.4 Å². The highest BCUT2D eigenvalue weighted by molar-refractivity contribution is 7.09. The number of nitrogens with one attached hydrogen (secondary N) is 1. The SMILES string of the molecule is CNC(Cc1csc(C2CC2(C)C)n1)c1ccccc1. The number of likely N-dealkylation sites (N-methyl/N-ethyl adjacent to an activating group) is 1. The summed E-state index contributed by atoms with van der Waals surface area (Å²) in [5.74, 6) is 0.686. The number of hydrogen-bond donors (Lipinski definition) is 1. The van der Waals surface area contributed by atoms with Crippen LogP contribution in [0.25, 0.3) is 0 Å². The van der Waals surface area contributed by atoms with Crippen molar-refractivity contribution in [2.24, 2.45) is 5.41 Å². The van der Waals surface area contributed by atoms with Crippen molar-refractivity contribution < 1.29 is 0 Å². The lowest BCUT2D eigenvalue weighted by molar-refractivity contribution is 0.583. The van der Waals surface area contributed by atoms with Crippen molar-refractivity contribution >= 4 is 11.3 Å². The van der Waals surface area contributed by atoms with Crippen LogP contribution in [0.1, 0.15) is 48.5 Å². The Morgan fingerprint density at radius 3 is 2.65 bits per heavy atom. The van der Waals surface area contributed by atoms with Gasteiger partial charge in [-0.05, 0) is 24.4 Å². The fourth-order valence-corrected chi connectivity index (χ4v) is 3.89. The van der Waals surface area contributed by atoms with Gasteiger partial charge in [0.2, 0.25) is 0 Å². The molecule has 1 aromatic carbocycles. The third kappa shape index (κ3) is 2.79. The maximum atomic E-state index is 4.86. The van der Waals surface area contributed by atoms with Crippen molar-refractivity contribution in [2.45, 2.75) is 38.6 Å². The van der Waals surface area contributed by atoms with Crippen LogP contribution in [0.4, 0.5) is 0 Å². The van der Waals surface area contributed by atoms with E-state index in [2.05, 4.69) is 54.9 Å². The van der Waals surface area contributed by atoms with E-state index in [0.29, 0.717) is 17.4 Å². The number of nitrogens with zero attached hydrogens (tertiary/aromatic N) is 1. The largest absolute Gasteiger partial charge is 0.313 e. The highest BCUT2D eigenvalue weighted by atomic mass is 32.1. The molecule has 0 aliphatic heterocycles. The molecule has 3 heteroatoms. The molecule has 2 unspecified atom stereocenters. The molecular weight excluding hydrogens is 264 g/mol. The fourth-order valence-electron chi connectivity index (χ4n) is 2.75. The maximum absolute atomic E-state index is 4.86. The van der Waals surface area contributed by atoms with Crippen molar-refractivity contribution in [3.63, 3.8) is 0 Å². The lowest BCUT2D eigenvalue weighted by Gasteiger charge is -2.15. The highest BCUT2D eigenvalue weighted by Crippen LogP contribution is 2.59. The molecule has 1 aromatic heterocycles. The summed E-state index contributed by atoms with van der Waals surface area (Å²) in [6.07, 6.45) is 2.25. The molecule has 0 spiro atoms. The summed E-state index contributed by atoms with van der Waals surface area (Å²) < 4.78 is 0. The van der Waals surface area contributed by atoms with Crippen molar-refractivity contribution in [1.82, 2.24) is 10.3 Å². The molecule has 1 aliphatic carbocycles. The highest BCUT2D eigenvalue weighted by Gasteiger charge is 2.48. The van der Waals surface area contributed by atoms with Gasteiger partial charge in [0.15, 0.2) is 0 Å². The molecule has 0 saturated heterocycles. The zero-order valence-corrected chi connectivity index (χ0v) is 13.2. The molecule has 0 amide bonds. The van der Waals surface area contributed by atoms with Gasteiger partial charge in [-0.25, -0.2) is 4.98 Å². The quantitative estimate of drug-likeness (QED) is 0.892. The normalized spacial score (nSPS) is 21.6. The summed E-state index contributed by atoms with van der Waals surface area (Å²) in [6.45, 7) is 4.66. The Bertz CT molecular complexity index is 574. The second kappa shape index (κ2) is 5.30. The Balaban J connectivity index is 1.71. The summed E-state index contributed by atoms with van der Waals surface area (Å²) in [7, 11) is 2.02. The third-order valence-electron chi connectivity index (χ3n) is 4.34. The molecule has 2 nitrogen and oxygen atoms in total. The Morgan fingerprint density at radius 1 is 1.35 bits per heavy atom. The Hall–Kier alpha value is -1.19. The molecule has 0 bridgehead atoms. The van der Waals surface area contributed by atoms with Crippen LogP contribution in [-0.4, -0.2) is 12.0 Å². The van der Waals surface area contributed by atoms with Crippen LogP contribution in [-0.2, 0) is 6.42 Å². The van der Waals surface area contributed by atoms with Gasteiger partial charge in [0, 0.05) is 23.8 Å². The molecule has 106 valence electrons. The van der Waals surface area contributed by atoms with Gasteiger partial charge in [-0.15, -0.1) is 11.3 Å². The van der Waals surface area contributed by atoms with E-state index in [9.17, 15) is 0 Å². The van der Waals surface area contributed by atoms with Crippen molar-refractivity contribution in [1.29, 1.82) is 0 Å². The van der Waals surface area contributed by atoms with Crippen molar-refractivity contribution in [3.05, 3.63) is 52.0 Å². The first-order chi connectivity index (χ1) is 9.60. The van der Waals surface area contributed by atoms with Gasteiger partial charge in [0.1, 0.15) is 0 Å². The first kappa shape index (κ1) is 13.8. The first-order valence-electron chi connectivity index (χ1n) is 7.26. The second-order valence-corrected chi connectivity index (χ2v) is 7.27. The fraction of sp³-hybridized carbons (Fsp3) is 0.471. The number of aromatic nitrogens is 1. The average Bonchev–Trinajstić information content (AvgIpc) is 2.88. The second-order valence-electron chi connectivity index (χ2n) is 6.38. The van der Waals surface area contributed by atoms with E-state index in [-0.39, 0.29) is 0 Å². The van der Waals surface area contributed by atoms with Crippen molar-refractivity contribution in [2.75, 3.05) is 7.05 Å². The molecule has 2 atom stereocenters. The summed E-state index contributed by atoms with van der Waals surface area (Å²) in [6, 6.07) is 11.0. The standard InChI is InChI=1S/C17H22N2S/c1-17(2)10-14(17)16-19-13(11-20-16)9-15(18-3)12-7-5-4-6-8-12/h4-8,11,14-15,18H,9-10H2,1-3H3. The van der Waals surface area contributed by atoms with Gasteiger partial charge in [0.05, 0.1) is 10.7 Å². The molecule has 1 heterocycles. The number of hydrogen-bond acceptors (Lipinski definition) is 3. The van der Waals surface area contributed by atoms with Crippen LogP contribution in [0.5, 0.6) is 0 Å². The molecule has 1 aliphatic rings. The first-order valence-corrected chi connectivity index (χ1v) is 8.14. The van der Waals surface area contributed by atoms with Gasteiger partial charge < -0.3 is 5.32 Å². The lowest BCUT2D eigenvalue weighted by atomic mass is 10.0. The minimum Gasteiger partial charge on any atom is -0.313 e.